The van der Waals surface area contributed by atoms with Crippen molar-refractivity contribution in [1.82, 2.24) is 9.97 Å². The van der Waals surface area contributed by atoms with E-state index in [-0.39, 0.29) is 17.2 Å². The van der Waals surface area contributed by atoms with E-state index in [0.29, 0.717) is 5.69 Å². The molecule has 0 bridgehead atoms. The van der Waals surface area contributed by atoms with Crippen LogP contribution in [-0.4, -0.2) is 41.0 Å². The maximum Gasteiger partial charge on any atom is 0.359 e. The quantitative estimate of drug-likeness (QED) is 0.595. The normalized spacial score (nSPS) is 10.2. The van der Waals surface area contributed by atoms with Gasteiger partial charge in [-0.3, -0.25) is 9.78 Å². The van der Waals surface area contributed by atoms with Crippen LogP contribution in [0.15, 0.2) is 55.0 Å². The fourth-order valence-electron chi connectivity index (χ4n) is 2.37. The zero-order valence-electron chi connectivity index (χ0n) is 15.5. The SMILES string of the molecule is CCOC(=O)c1sc(-c2ccccc2)cc1NC(=O)COC(=O)c1cnccn1. The van der Waals surface area contributed by atoms with Crippen LogP contribution in [0.25, 0.3) is 10.4 Å². The van der Waals surface area contributed by atoms with E-state index < -0.39 is 24.5 Å². The van der Waals surface area contributed by atoms with Crippen LogP contribution < -0.4 is 5.32 Å². The highest BCUT2D eigenvalue weighted by Gasteiger charge is 2.20. The Labute approximate surface area is 170 Å². The molecule has 0 unspecified atom stereocenters. The predicted octanol–water partition coefficient (Wildman–Crippen LogP) is 3.18. The number of thiophene rings is 1. The number of nitrogens with one attached hydrogen (secondary N) is 1. The third-order valence-electron chi connectivity index (χ3n) is 3.63. The van der Waals surface area contributed by atoms with Crippen molar-refractivity contribution in [2.75, 3.05) is 18.5 Å². The number of hydrogen-bond acceptors (Lipinski definition) is 8. The van der Waals surface area contributed by atoms with Crippen LogP contribution in [-0.2, 0) is 14.3 Å². The highest BCUT2D eigenvalue weighted by molar-refractivity contribution is 7.18. The van der Waals surface area contributed by atoms with E-state index in [9.17, 15) is 14.4 Å². The Morgan fingerprint density at radius 2 is 1.86 bits per heavy atom. The topological polar surface area (TPSA) is 107 Å². The zero-order chi connectivity index (χ0) is 20.6. The van der Waals surface area contributed by atoms with Crippen molar-refractivity contribution in [3.63, 3.8) is 0 Å². The summed E-state index contributed by atoms with van der Waals surface area (Å²) in [4.78, 5) is 45.0. The second-order valence-electron chi connectivity index (χ2n) is 5.65. The number of aromatic nitrogens is 2. The summed E-state index contributed by atoms with van der Waals surface area (Å²) >= 11 is 1.21. The van der Waals surface area contributed by atoms with Crippen molar-refractivity contribution in [3.8, 4) is 10.4 Å². The van der Waals surface area contributed by atoms with Crippen LogP contribution in [0.4, 0.5) is 5.69 Å². The molecular weight excluding hydrogens is 394 g/mol. The van der Waals surface area contributed by atoms with Crippen molar-refractivity contribution in [1.29, 1.82) is 0 Å². The molecule has 0 aliphatic carbocycles. The van der Waals surface area contributed by atoms with E-state index in [2.05, 4.69) is 15.3 Å². The number of carbonyl (C=O) groups excluding carboxylic acids is 3. The molecule has 3 aromatic rings. The van der Waals surface area contributed by atoms with Crippen LogP contribution in [0, 0.1) is 0 Å². The summed E-state index contributed by atoms with van der Waals surface area (Å²) in [6.45, 7) is 1.38. The summed E-state index contributed by atoms with van der Waals surface area (Å²) in [6.07, 6.45) is 4.00. The predicted molar refractivity (Wildman–Crippen MR) is 107 cm³/mol. The van der Waals surface area contributed by atoms with Gasteiger partial charge in [-0.2, -0.15) is 0 Å². The Hall–Kier alpha value is -3.59. The van der Waals surface area contributed by atoms with E-state index in [0.717, 1.165) is 10.4 Å². The average Bonchev–Trinajstić information content (AvgIpc) is 3.17. The summed E-state index contributed by atoms with van der Waals surface area (Å²) < 4.78 is 10.0. The number of carbonyl (C=O) groups is 3. The van der Waals surface area contributed by atoms with Gasteiger partial charge in [0.25, 0.3) is 5.91 Å². The van der Waals surface area contributed by atoms with Crippen molar-refractivity contribution < 1.29 is 23.9 Å². The molecule has 0 fully saturated rings. The van der Waals surface area contributed by atoms with Gasteiger partial charge in [0, 0.05) is 17.3 Å². The molecule has 1 N–H and O–H groups in total. The van der Waals surface area contributed by atoms with Crippen molar-refractivity contribution in [2.24, 2.45) is 0 Å². The highest BCUT2D eigenvalue weighted by Crippen LogP contribution is 2.35. The van der Waals surface area contributed by atoms with E-state index >= 15 is 0 Å². The molecule has 0 atom stereocenters. The van der Waals surface area contributed by atoms with Crippen LogP contribution in [0.5, 0.6) is 0 Å². The number of nitrogens with zero attached hydrogens (tertiary/aromatic N) is 2. The minimum absolute atomic E-state index is 0.00518. The first-order valence-corrected chi connectivity index (χ1v) is 9.49. The standard InChI is InChI=1S/C20H17N3O5S/c1-2-27-20(26)18-14(10-16(29-18)13-6-4-3-5-7-13)23-17(24)12-28-19(25)15-11-21-8-9-22-15/h3-11H,2,12H2,1H3,(H,23,24). The molecule has 1 amide bonds. The molecular formula is C20H17N3O5S. The lowest BCUT2D eigenvalue weighted by molar-refractivity contribution is -0.119. The number of esters is 2. The third kappa shape index (κ3) is 5.23. The maximum absolute atomic E-state index is 12.3. The lowest BCUT2D eigenvalue weighted by Gasteiger charge is -2.07. The minimum Gasteiger partial charge on any atom is -0.462 e. The van der Waals surface area contributed by atoms with Gasteiger partial charge in [-0.25, -0.2) is 14.6 Å². The first-order valence-electron chi connectivity index (χ1n) is 8.68. The number of benzene rings is 1. The molecule has 9 heteroatoms. The number of amides is 1. The van der Waals surface area contributed by atoms with Crippen molar-refractivity contribution in [3.05, 3.63) is 65.6 Å². The van der Waals surface area contributed by atoms with Gasteiger partial charge in [-0.05, 0) is 18.6 Å². The van der Waals surface area contributed by atoms with Crippen molar-refractivity contribution in [2.45, 2.75) is 6.92 Å². The van der Waals surface area contributed by atoms with E-state index in [1.807, 2.05) is 30.3 Å². The summed E-state index contributed by atoms with van der Waals surface area (Å²) in [7, 11) is 0. The number of anilines is 1. The first kappa shape index (κ1) is 20.2. The number of rotatable bonds is 7. The molecule has 148 valence electrons. The summed E-state index contributed by atoms with van der Waals surface area (Å²) in [6, 6.07) is 11.1. The lowest BCUT2D eigenvalue weighted by atomic mass is 10.2. The Kier molecular flexibility index (Phi) is 6.64. The molecule has 29 heavy (non-hydrogen) atoms. The Morgan fingerprint density at radius 3 is 2.55 bits per heavy atom. The molecule has 0 spiro atoms. The van der Waals surface area contributed by atoms with Crippen LogP contribution in [0.3, 0.4) is 0 Å². The second-order valence-corrected chi connectivity index (χ2v) is 6.71. The molecule has 0 aliphatic heterocycles. The molecule has 2 heterocycles. The average molecular weight is 411 g/mol. The van der Waals surface area contributed by atoms with Gasteiger partial charge in [0.2, 0.25) is 0 Å². The van der Waals surface area contributed by atoms with Crippen LogP contribution in [0.1, 0.15) is 27.1 Å². The Balaban J connectivity index is 1.73. The lowest BCUT2D eigenvalue weighted by Crippen LogP contribution is -2.22. The van der Waals surface area contributed by atoms with Gasteiger partial charge in [0.15, 0.2) is 12.3 Å². The smallest absolute Gasteiger partial charge is 0.359 e. The number of ether oxygens (including phenoxy) is 2. The molecule has 2 aromatic heterocycles. The zero-order valence-corrected chi connectivity index (χ0v) is 16.3. The van der Waals surface area contributed by atoms with Gasteiger partial charge < -0.3 is 14.8 Å². The summed E-state index contributed by atoms with van der Waals surface area (Å²) in [5.74, 6) is -1.90. The molecule has 8 nitrogen and oxygen atoms in total. The molecule has 0 saturated heterocycles. The fourth-order valence-corrected chi connectivity index (χ4v) is 3.39. The fraction of sp³-hybridized carbons (Fsp3) is 0.150. The molecule has 0 radical (unpaired) electrons. The Bertz CT molecular complexity index is 1010. The molecule has 1 aromatic carbocycles. The monoisotopic (exact) mass is 411 g/mol. The minimum atomic E-state index is -0.769. The highest BCUT2D eigenvalue weighted by atomic mass is 32.1. The van der Waals surface area contributed by atoms with E-state index in [1.54, 1.807) is 13.0 Å². The second kappa shape index (κ2) is 9.56. The molecule has 3 rings (SSSR count). The molecule has 0 saturated carbocycles. The van der Waals surface area contributed by atoms with Crippen molar-refractivity contribution >= 4 is 34.9 Å². The largest absolute Gasteiger partial charge is 0.462 e. The summed E-state index contributed by atoms with van der Waals surface area (Å²) in [5.41, 5.74) is 1.19. The maximum atomic E-state index is 12.3. The van der Waals surface area contributed by atoms with Gasteiger partial charge in [0.1, 0.15) is 4.88 Å². The first-order chi connectivity index (χ1) is 14.1. The van der Waals surface area contributed by atoms with Gasteiger partial charge in [-0.1, -0.05) is 30.3 Å². The summed E-state index contributed by atoms with van der Waals surface area (Å²) in [5, 5.41) is 2.60. The number of hydrogen-bond donors (Lipinski definition) is 1. The van der Waals surface area contributed by atoms with Gasteiger partial charge in [-0.15, -0.1) is 11.3 Å². The molecule has 0 aliphatic rings. The van der Waals surface area contributed by atoms with Crippen LogP contribution in [0.2, 0.25) is 0 Å². The third-order valence-corrected chi connectivity index (χ3v) is 4.80. The van der Waals surface area contributed by atoms with Crippen LogP contribution >= 0.6 is 11.3 Å². The van der Waals surface area contributed by atoms with Gasteiger partial charge >= 0.3 is 11.9 Å². The van der Waals surface area contributed by atoms with Gasteiger partial charge in [0.05, 0.1) is 18.5 Å². The van der Waals surface area contributed by atoms with E-state index in [1.165, 1.54) is 29.9 Å². The van der Waals surface area contributed by atoms with E-state index in [4.69, 9.17) is 9.47 Å². The Morgan fingerprint density at radius 1 is 1.07 bits per heavy atom.